The Labute approximate surface area is 198 Å². The summed E-state index contributed by atoms with van der Waals surface area (Å²) in [5, 5.41) is 4.42. The van der Waals surface area contributed by atoms with Crippen molar-refractivity contribution in [3.8, 4) is 5.75 Å². The lowest BCUT2D eigenvalue weighted by atomic mass is 10.0. The SMILES string of the molecule is Cc1cc2c(cc1C)N(CCCN1CCC(N(C)C)CC1)C(COc1ccc(Cl)cc1)N2. The van der Waals surface area contributed by atoms with Gasteiger partial charge in [0.2, 0.25) is 0 Å². The smallest absolute Gasteiger partial charge is 0.134 e. The van der Waals surface area contributed by atoms with E-state index in [1.54, 1.807) is 0 Å². The van der Waals surface area contributed by atoms with Gasteiger partial charge in [0.25, 0.3) is 0 Å². The number of benzene rings is 2. The third kappa shape index (κ3) is 5.51. The molecule has 2 aromatic carbocycles. The van der Waals surface area contributed by atoms with Crippen molar-refractivity contribution in [3.05, 3.63) is 52.5 Å². The van der Waals surface area contributed by atoms with Crippen molar-refractivity contribution < 1.29 is 4.74 Å². The molecule has 0 aliphatic carbocycles. The Morgan fingerprint density at radius 1 is 1.03 bits per heavy atom. The minimum Gasteiger partial charge on any atom is -0.489 e. The van der Waals surface area contributed by atoms with Crippen molar-refractivity contribution in [3.63, 3.8) is 0 Å². The van der Waals surface area contributed by atoms with Gasteiger partial charge in [0.15, 0.2) is 0 Å². The van der Waals surface area contributed by atoms with Gasteiger partial charge in [0, 0.05) is 17.6 Å². The molecule has 6 heteroatoms. The van der Waals surface area contributed by atoms with E-state index in [9.17, 15) is 0 Å². The van der Waals surface area contributed by atoms with Crippen LogP contribution in [0.15, 0.2) is 36.4 Å². The number of anilines is 2. The Morgan fingerprint density at radius 3 is 2.41 bits per heavy atom. The van der Waals surface area contributed by atoms with Crippen LogP contribution in [-0.4, -0.2) is 68.9 Å². The maximum Gasteiger partial charge on any atom is 0.134 e. The maximum atomic E-state index is 6.12. The average molecular weight is 457 g/mol. The van der Waals surface area contributed by atoms with E-state index >= 15 is 0 Å². The van der Waals surface area contributed by atoms with Crippen molar-refractivity contribution in [1.29, 1.82) is 0 Å². The number of likely N-dealkylation sites (tertiary alicyclic amines) is 1. The zero-order chi connectivity index (χ0) is 22.7. The van der Waals surface area contributed by atoms with Gasteiger partial charge in [-0.2, -0.15) is 0 Å². The summed E-state index contributed by atoms with van der Waals surface area (Å²) in [6, 6.07) is 12.9. The van der Waals surface area contributed by atoms with Crippen molar-refractivity contribution in [1.82, 2.24) is 9.80 Å². The quantitative estimate of drug-likeness (QED) is 0.603. The highest BCUT2D eigenvalue weighted by atomic mass is 35.5. The fourth-order valence-electron chi connectivity index (χ4n) is 4.82. The molecule has 1 saturated heterocycles. The highest BCUT2D eigenvalue weighted by molar-refractivity contribution is 6.30. The summed E-state index contributed by atoms with van der Waals surface area (Å²) in [5.74, 6) is 0.850. The molecule has 0 aromatic heterocycles. The molecular weight excluding hydrogens is 420 g/mol. The normalized spacial score (nSPS) is 19.3. The van der Waals surface area contributed by atoms with Crippen LogP contribution >= 0.6 is 11.6 Å². The third-order valence-corrected chi connectivity index (χ3v) is 7.25. The number of hydrogen-bond donors (Lipinski definition) is 1. The molecule has 2 heterocycles. The lowest BCUT2D eigenvalue weighted by molar-refractivity contribution is 0.144. The molecule has 1 fully saturated rings. The Bertz CT molecular complexity index is 893. The topological polar surface area (TPSA) is 31.0 Å². The number of nitrogens with zero attached hydrogens (tertiary/aromatic N) is 3. The number of ether oxygens (including phenoxy) is 1. The first-order valence-electron chi connectivity index (χ1n) is 11.8. The Morgan fingerprint density at radius 2 is 1.72 bits per heavy atom. The number of fused-ring (bicyclic) bond motifs is 1. The average Bonchev–Trinajstić information content (AvgIpc) is 3.10. The standard InChI is InChI=1S/C26H37ClN4O/c1-19-16-24-25(17-20(19)2)31(13-5-12-30-14-10-22(11-15-30)29(3)4)26(28-24)18-32-23-8-6-21(27)7-9-23/h6-9,16-17,22,26,28H,5,10-15,18H2,1-4H3. The number of rotatable bonds is 8. The second-order valence-corrected chi connectivity index (χ2v) is 9.90. The first kappa shape index (κ1) is 23.2. The molecule has 2 aliphatic heterocycles. The molecule has 0 spiro atoms. The second-order valence-electron chi connectivity index (χ2n) is 9.46. The highest BCUT2D eigenvalue weighted by Gasteiger charge is 2.30. The van der Waals surface area contributed by atoms with E-state index in [4.69, 9.17) is 16.3 Å². The maximum absolute atomic E-state index is 6.12. The highest BCUT2D eigenvalue weighted by Crippen LogP contribution is 2.37. The van der Waals surface area contributed by atoms with Gasteiger partial charge in [-0.1, -0.05) is 11.6 Å². The number of aryl methyl sites for hydroxylation is 2. The lowest BCUT2D eigenvalue weighted by Gasteiger charge is -2.35. The number of nitrogens with one attached hydrogen (secondary N) is 1. The molecule has 0 radical (unpaired) electrons. The van der Waals surface area contributed by atoms with Crippen LogP contribution in [-0.2, 0) is 0 Å². The molecule has 174 valence electrons. The molecule has 1 N–H and O–H groups in total. The fraction of sp³-hybridized carbons (Fsp3) is 0.538. The first-order valence-corrected chi connectivity index (χ1v) is 12.2. The Hall–Kier alpha value is -1.95. The van der Waals surface area contributed by atoms with Crippen molar-refractivity contribution >= 4 is 23.0 Å². The second kappa shape index (κ2) is 10.3. The molecule has 1 atom stereocenters. The summed E-state index contributed by atoms with van der Waals surface area (Å²) in [7, 11) is 4.40. The van der Waals surface area contributed by atoms with Crippen LogP contribution in [0.4, 0.5) is 11.4 Å². The van der Waals surface area contributed by atoms with Crippen LogP contribution in [0.2, 0.25) is 5.02 Å². The van der Waals surface area contributed by atoms with E-state index in [1.165, 1.54) is 48.4 Å². The van der Waals surface area contributed by atoms with Crippen molar-refractivity contribution in [2.75, 3.05) is 57.1 Å². The monoisotopic (exact) mass is 456 g/mol. The van der Waals surface area contributed by atoms with Gasteiger partial charge in [-0.05, 0) is 114 Å². The van der Waals surface area contributed by atoms with E-state index in [2.05, 4.69) is 60.1 Å². The summed E-state index contributed by atoms with van der Waals surface area (Å²) in [4.78, 5) is 7.49. The molecule has 0 bridgehead atoms. The minimum absolute atomic E-state index is 0.126. The van der Waals surface area contributed by atoms with Crippen LogP contribution in [0.5, 0.6) is 5.75 Å². The van der Waals surface area contributed by atoms with E-state index in [0.717, 1.165) is 36.3 Å². The number of hydrogen-bond acceptors (Lipinski definition) is 5. The van der Waals surface area contributed by atoms with Crippen LogP contribution < -0.4 is 15.0 Å². The Kier molecular flexibility index (Phi) is 7.49. The molecule has 2 aliphatic rings. The summed E-state index contributed by atoms with van der Waals surface area (Å²) < 4.78 is 6.12. The Balaban J connectivity index is 1.37. The van der Waals surface area contributed by atoms with Gasteiger partial charge in [-0.15, -0.1) is 0 Å². The molecule has 5 nitrogen and oxygen atoms in total. The van der Waals surface area contributed by atoms with Crippen LogP contribution in [0, 0.1) is 13.8 Å². The van der Waals surface area contributed by atoms with Crippen LogP contribution in [0.1, 0.15) is 30.4 Å². The summed E-state index contributed by atoms with van der Waals surface area (Å²) >= 11 is 6.01. The lowest BCUT2D eigenvalue weighted by Crippen LogP contribution is -2.44. The third-order valence-electron chi connectivity index (χ3n) is 7.00. The predicted octanol–water partition coefficient (Wildman–Crippen LogP) is 5.01. The molecule has 32 heavy (non-hydrogen) atoms. The molecule has 4 rings (SSSR count). The zero-order valence-corrected chi connectivity index (χ0v) is 20.7. The zero-order valence-electron chi connectivity index (χ0n) is 19.9. The predicted molar refractivity (Wildman–Crippen MR) is 135 cm³/mol. The van der Waals surface area contributed by atoms with Crippen LogP contribution in [0.25, 0.3) is 0 Å². The number of halogens is 1. The van der Waals surface area contributed by atoms with Gasteiger partial charge < -0.3 is 24.8 Å². The summed E-state index contributed by atoms with van der Waals surface area (Å²) in [6.07, 6.45) is 3.83. The molecule has 1 unspecified atom stereocenters. The first-order chi connectivity index (χ1) is 15.4. The van der Waals surface area contributed by atoms with Gasteiger partial charge in [0.1, 0.15) is 18.5 Å². The van der Waals surface area contributed by atoms with E-state index in [1.807, 2.05) is 24.3 Å². The van der Waals surface area contributed by atoms with E-state index < -0.39 is 0 Å². The van der Waals surface area contributed by atoms with E-state index in [-0.39, 0.29) is 6.17 Å². The summed E-state index contributed by atoms with van der Waals surface area (Å²) in [6.45, 7) is 9.55. The van der Waals surface area contributed by atoms with Crippen molar-refractivity contribution in [2.24, 2.45) is 0 Å². The molecule has 0 amide bonds. The molecule has 0 saturated carbocycles. The molecular formula is C26H37ClN4O. The van der Waals surface area contributed by atoms with Crippen molar-refractivity contribution in [2.45, 2.75) is 45.3 Å². The van der Waals surface area contributed by atoms with Gasteiger partial charge >= 0.3 is 0 Å². The summed E-state index contributed by atoms with van der Waals surface area (Å²) in [5.41, 5.74) is 5.16. The van der Waals surface area contributed by atoms with Gasteiger partial charge in [-0.3, -0.25) is 0 Å². The largest absolute Gasteiger partial charge is 0.489 e. The molecule has 2 aromatic rings. The van der Waals surface area contributed by atoms with Crippen LogP contribution in [0.3, 0.4) is 0 Å². The van der Waals surface area contributed by atoms with Gasteiger partial charge in [0.05, 0.1) is 11.4 Å². The van der Waals surface area contributed by atoms with E-state index in [0.29, 0.717) is 6.61 Å². The van der Waals surface area contributed by atoms with Gasteiger partial charge in [-0.25, -0.2) is 0 Å². The number of piperidine rings is 1. The fourth-order valence-corrected chi connectivity index (χ4v) is 4.94. The minimum atomic E-state index is 0.126.